The molecule has 2 aromatic heterocycles. The van der Waals surface area contributed by atoms with Crippen LogP contribution in [-0.2, 0) is 5.75 Å². The molecule has 4 aromatic rings. The molecule has 0 aliphatic carbocycles. The molecule has 0 saturated carbocycles. The number of thioether (sulfide) groups is 1. The Labute approximate surface area is 176 Å². The number of anilines is 2. The van der Waals surface area contributed by atoms with Crippen molar-refractivity contribution < 1.29 is 9.47 Å². The summed E-state index contributed by atoms with van der Waals surface area (Å²) >= 11 is 3.15. The molecular formula is C20H19N5O2S2. The second kappa shape index (κ2) is 8.97. The molecule has 1 N–H and O–H groups in total. The lowest BCUT2D eigenvalue weighted by atomic mass is 10.3. The van der Waals surface area contributed by atoms with E-state index >= 15 is 0 Å². The van der Waals surface area contributed by atoms with Crippen LogP contribution in [0.5, 0.6) is 11.5 Å². The molecule has 0 spiro atoms. The van der Waals surface area contributed by atoms with Gasteiger partial charge in [0, 0.05) is 16.8 Å². The minimum absolute atomic E-state index is 0.689. The Morgan fingerprint density at radius 2 is 1.90 bits per heavy atom. The SMILES string of the molecule is COc1ccc(Nc2nc(CSc3nncn3-c3ccccc3OC)cs2)cc1. The van der Waals surface area contributed by atoms with Gasteiger partial charge in [-0.15, -0.1) is 21.5 Å². The van der Waals surface area contributed by atoms with E-state index in [1.807, 2.05) is 58.5 Å². The maximum atomic E-state index is 5.45. The fraction of sp³-hybridized carbons (Fsp3) is 0.150. The van der Waals surface area contributed by atoms with Crippen molar-refractivity contribution in [3.05, 3.63) is 65.9 Å². The zero-order valence-electron chi connectivity index (χ0n) is 15.9. The smallest absolute Gasteiger partial charge is 0.196 e. The Bertz CT molecular complexity index is 1080. The number of ether oxygens (including phenoxy) is 2. The Kier molecular flexibility index (Phi) is 5.97. The van der Waals surface area contributed by atoms with Crippen molar-refractivity contribution in [1.82, 2.24) is 19.7 Å². The number of nitrogens with one attached hydrogen (secondary N) is 1. The minimum atomic E-state index is 0.689. The van der Waals surface area contributed by atoms with Crippen LogP contribution in [0.3, 0.4) is 0 Å². The van der Waals surface area contributed by atoms with E-state index < -0.39 is 0 Å². The van der Waals surface area contributed by atoms with Gasteiger partial charge in [-0.25, -0.2) is 4.98 Å². The monoisotopic (exact) mass is 425 g/mol. The topological polar surface area (TPSA) is 74.1 Å². The first-order valence-corrected chi connectivity index (χ1v) is 10.6. The molecule has 4 rings (SSSR count). The molecule has 29 heavy (non-hydrogen) atoms. The van der Waals surface area contributed by atoms with Crippen LogP contribution in [-0.4, -0.2) is 34.0 Å². The Morgan fingerprint density at radius 1 is 1.07 bits per heavy atom. The second-order valence-electron chi connectivity index (χ2n) is 5.94. The average Bonchev–Trinajstić information content (AvgIpc) is 3.42. The van der Waals surface area contributed by atoms with Crippen LogP contribution in [0.15, 0.2) is 65.4 Å². The standard InChI is InChI=1S/C20H19N5O2S2/c1-26-16-9-7-14(8-10-16)22-19-23-15(11-28-19)12-29-20-24-21-13-25(20)17-5-3-4-6-18(17)27-2/h3-11,13H,12H2,1-2H3,(H,22,23). The number of methoxy groups -OCH3 is 2. The molecule has 0 radical (unpaired) electrons. The summed E-state index contributed by atoms with van der Waals surface area (Å²) in [5.74, 6) is 2.29. The molecule has 2 aromatic carbocycles. The Hall–Kier alpha value is -3.04. The lowest BCUT2D eigenvalue weighted by molar-refractivity contribution is 0.412. The molecule has 0 aliphatic heterocycles. The van der Waals surface area contributed by atoms with Crippen LogP contribution in [0.2, 0.25) is 0 Å². The quantitative estimate of drug-likeness (QED) is 0.407. The first kappa shape index (κ1) is 19.3. The van der Waals surface area contributed by atoms with E-state index in [9.17, 15) is 0 Å². The van der Waals surface area contributed by atoms with E-state index in [1.54, 1.807) is 43.6 Å². The van der Waals surface area contributed by atoms with Gasteiger partial charge in [-0.3, -0.25) is 4.57 Å². The Morgan fingerprint density at radius 3 is 2.69 bits per heavy atom. The summed E-state index contributed by atoms with van der Waals surface area (Å²) in [4.78, 5) is 4.66. The van der Waals surface area contributed by atoms with Gasteiger partial charge in [0.15, 0.2) is 10.3 Å². The van der Waals surface area contributed by atoms with Crippen LogP contribution < -0.4 is 14.8 Å². The number of thiazole rings is 1. The largest absolute Gasteiger partial charge is 0.497 e. The summed E-state index contributed by atoms with van der Waals surface area (Å²) in [5, 5.41) is 15.3. The number of nitrogens with zero attached hydrogens (tertiary/aromatic N) is 4. The zero-order valence-corrected chi connectivity index (χ0v) is 17.5. The van der Waals surface area contributed by atoms with Crippen LogP contribution >= 0.6 is 23.1 Å². The lowest BCUT2D eigenvalue weighted by Gasteiger charge is -2.10. The fourth-order valence-electron chi connectivity index (χ4n) is 2.68. The molecule has 2 heterocycles. The summed E-state index contributed by atoms with van der Waals surface area (Å²) in [6.07, 6.45) is 1.69. The van der Waals surface area contributed by atoms with Gasteiger partial charge in [-0.05, 0) is 36.4 Å². The van der Waals surface area contributed by atoms with Crippen molar-refractivity contribution in [2.24, 2.45) is 0 Å². The zero-order chi connectivity index (χ0) is 20.1. The highest BCUT2D eigenvalue weighted by molar-refractivity contribution is 7.98. The van der Waals surface area contributed by atoms with Crippen molar-refractivity contribution >= 4 is 33.9 Å². The summed E-state index contributed by atoms with van der Waals surface area (Å²) in [5.41, 5.74) is 2.85. The number of aromatic nitrogens is 4. The highest BCUT2D eigenvalue weighted by Crippen LogP contribution is 2.30. The number of hydrogen-bond acceptors (Lipinski definition) is 8. The van der Waals surface area contributed by atoms with Gasteiger partial charge in [0.2, 0.25) is 0 Å². The van der Waals surface area contributed by atoms with Crippen LogP contribution in [0, 0.1) is 0 Å². The molecular weight excluding hydrogens is 406 g/mol. The molecule has 0 fully saturated rings. The fourth-order valence-corrected chi connectivity index (χ4v) is 4.33. The van der Waals surface area contributed by atoms with E-state index in [0.29, 0.717) is 5.75 Å². The normalized spacial score (nSPS) is 10.7. The van der Waals surface area contributed by atoms with Gasteiger partial charge >= 0.3 is 0 Å². The Balaban J connectivity index is 1.42. The highest BCUT2D eigenvalue weighted by Gasteiger charge is 2.12. The molecule has 9 heteroatoms. The van der Waals surface area contributed by atoms with Gasteiger partial charge in [-0.2, -0.15) is 0 Å². The maximum absolute atomic E-state index is 5.45. The van der Waals surface area contributed by atoms with Crippen molar-refractivity contribution in [3.63, 3.8) is 0 Å². The van der Waals surface area contributed by atoms with E-state index in [-0.39, 0.29) is 0 Å². The molecule has 0 saturated heterocycles. The number of benzene rings is 2. The molecule has 0 amide bonds. The van der Waals surface area contributed by atoms with Crippen molar-refractivity contribution in [1.29, 1.82) is 0 Å². The van der Waals surface area contributed by atoms with Gasteiger partial charge in [0.25, 0.3) is 0 Å². The second-order valence-corrected chi connectivity index (χ2v) is 7.74. The van der Waals surface area contributed by atoms with Gasteiger partial charge < -0.3 is 14.8 Å². The van der Waals surface area contributed by atoms with Gasteiger partial charge in [-0.1, -0.05) is 23.9 Å². The predicted octanol–water partition coefficient (Wildman–Crippen LogP) is 4.78. The highest BCUT2D eigenvalue weighted by atomic mass is 32.2. The van der Waals surface area contributed by atoms with Crippen LogP contribution in [0.4, 0.5) is 10.8 Å². The third kappa shape index (κ3) is 4.52. The number of para-hydroxylation sites is 2. The van der Waals surface area contributed by atoms with Gasteiger partial charge in [0.05, 0.1) is 25.6 Å². The third-order valence-electron chi connectivity index (χ3n) is 4.10. The molecule has 0 bridgehead atoms. The number of rotatable bonds is 8. The van der Waals surface area contributed by atoms with Crippen molar-refractivity contribution in [2.75, 3.05) is 19.5 Å². The van der Waals surface area contributed by atoms with Crippen LogP contribution in [0.25, 0.3) is 5.69 Å². The first-order chi connectivity index (χ1) is 14.3. The lowest BCUT2D eigenvalue weighted by Crippen LogP contribution is -1.98. The summed E-state index contributed by atoms with van der Waals surface area (Å²) in [6, 6.07) is 15.5. The van der Waals surface area contributed by atoms with Crippen molar-refractivity contribution in [2.45, 2.75) is 10.9 Å². The van der Waals surface area contributed by atoms with E-state index in [4.69, 9.17) is 9.47 Å². The van der Waals surface area contributed by atoms with E-state index in [1.165, 1.54) is 0 Å². The summed E-state index contributed by atoms with van der Waals surface area (Å²) < 4.78 is 12.6. The molecule has 0 unspecified atom stereocenters. The van der Waals surface area contributed by atoms with Gasteiger partial charge in [0.1, 0.15) is 17.8 Å². The molecule has 0 aliphatic rings. The predicted molar refractivity (Wildman–Crippen MR) is 116 cm³/mol. The van der Waals surface area contributed by atoms with Crippen molar-refractivity contribution in [3.8, 4) is 17.2 Å². The average molecular weight is 426 g/mol. The van der Waals surface area contributed by atoms with Crippen LogP contribution in [0.1, 0.15) is 5.69 Å². The molecule has 0 atom stereocenters. The van der Waals surface area contributed by atoms with E-state index in [2.05, 4.69) is 20.5 Å². The first-order valence-electron chi connectivity index (χ1n) is 8.78. The third-order valence-corrected chi connectivity index (χ3v) is 5.89. The van der Waals surface area contributed by atoms with E-state index in [0.717, 1.165) is 38.9 Å². The maximum Gasteiger partial charge on any atom is 0.196 e. The number of hydrogen-bond donors (Lipinski definition) is 1. The molecule has 7 nitrogen and oxygen atoms in total. The summed E-state index contributed by atoms with van der Waals surface area (Å²) in [6.45, 7) is 0. The molecule has 148 valence electrons. The minimum Gasteiger partial charge on any atom is -0.497 e. The summed E-state index contributed by atoms with van der Waals surface area (Å²) in [7, 11) is 3.31.